The number of nitrogens with zero attached hydrogens (tertiary/aromatic N) is 3. The normalized spacial score (nSPS) is 22.4. The first-order valence-electron chi connectivity index (χ1n) is 4.71. The summed E-state index contributed by atoms with van der Waals surface area (Å²) >= 11 is 5.72. The van der Waals surface area contributed by atoms with Gasteiger partial charge in [0, 0.05) is 25.7 Å². The second-order valence-corrected chi connectivity index (χ2v) is 3.94. The zero-order valence-corrected chi connectivity index (χ0v) is 8.83. The lowest BCUT2D eigenvalue weighted by atomic mass is 10.2. The molecule has 14 heavy (non-hydrogen) atoms. The smallest absolute Gasteiger partial charge is 0.225 e. The minimum absolute atomic E-state index is 0.489. The summed E-state index contributed by atoms with van der Waals surface area (Å²) in [6.45, 7) is 5.03. The van der Waals surface area contributed by atoms with Gasteiger partial charge in [-0.15, -0.1) is 0 Å². The molecule has 5 heteroatoms. The summed E-state index contributed by atoms with van der Waals surface area (Å²) in [7, 11) is 0. The van der Waals surface area contributed by atoms with E-state index in [1.165, 1.54) is 0 Å². The van der Waals surface area contributed by atoms with Gasteiger partial charge in [-0.25, -0.2) is 9.97 Å². The molecule has 1 N–H and O–H groups in total. The average molecular weight is 213 g/mol. The summed E-state index contributed by atoms with van der Waals surface area (Å²) in [6.07, 6.45) is 3.27. The van der Waals surface area contributed by atoms with Crippen LogP contribution in [0.3, 0.4) is 0 Å². The van der Waals surface area contributed by atoms with Gasteiger partial charge in [-0.1, -0.05) is 11.6 Å². The molecule has 0 amide bonds. The fourth-order valence-electron chi connectivity index (χ4n) is 1.58. The number of piperazine rings is 1. The first kappa shape index (κ1) is 9.68. The first-order valence-corrected chi connectivity index (χ1v) is 5.09. The number of rotatable bonds is 1. The maximum absolute atomic E-state index is 5.72. The van der Waals surface area contributed by atoms with Gasteiger partial charge in [0.25, 0.3) is 0 Å². The van der Waals surface area contributed by atoms with E-state index < -0.39 is 0 Å². The van der Waals surface area contributed by atoms with Gasteiger partial charge in [0.15, 0.2) is 0 Å². The minimum atomic E-state index is 0.489. The van der Waals surface area contributed by atoms with Crippen molar-refractivity contribution in [3.05, 3.63) is 17.4 Å². The Bertz CT molecular complexity index is 300. The van der Waals surface area contributed by atoms with Crippen molar-refractivity contribution in [1.82, 2.24) is 15.3 Å². The van der Waals surface area contributed by atoms with Crippen molar-refractivity contribution in [3.63, 3.8) is 0 Å². The van der Waals surface area contributed by atoms with Crippen LogP contribution in [0.5, 0.6) is 0 Å². The minimum Gasteiger partial charge on any atom is -0.338 e. The summed E-state index contributed by atoms with van der Waals surface area (Å²) in [6, 6.07) is 0.489. The molecule has 1 aliphatic rings. The van der Waals surface area contributed by atoms with Crippen molar-refractivity contribution in [2.45, 2.75) is 13.0 Å². The number of hydrogen-bond donors (Lipinski definition) is 1. The maximum Gasteiger partial charge on any atom is 0.225 e. The van der Waals surface area contributed by atoms with Gasteiger partial charge in [-0.3, -0.25) is 0 Å². The van der Waals surface area contributed by atoms with Crippen LogP contribution in [0.2, 0.25) is 5.02 Å². The highest BCUT2D eigenvalue weighted by Gasteiger charge is 2.17. The van der Waals surface area contributed by atoms with Crippen LogP contribution in [0, 0.1) is 0 Å². The zero-order valence-electron chi connectivity index (χ0n) is 8.07. The summed E-state index contributed by atoms with van der Waals surface area (Å²) in [5, 5.41) is 3.95. The molecule has 1 saturated heterocycles. The Hall–Kier alpha value is -0.870. The zero-order chi connectivity index (χ0) is 9.97. The topological polar surface area (TPSA) is 41.1 Å². The highest BCUT2D eigenvalue weighted by molar-refractivity contribution is 6.30. The lowest BCUT2D eigenvalue weighted by Gasteiger charge is -2.31. The molecule has 0 aromatic carbocycles. The molecule has 1 aromatic rings. The van der Waals surface area contributed by atoms with Crippen LogP contribution < -0.4 is 10.2 Å². The predicted octanol–water partition coefficient (Wildman–Crippen LogP) is 0.928. The summed E-state index contributed by atoms with van der Waals surface area (Å²) in [5.74, 6) is 0.766. The van der Waals surface area contributed by atoms with Crippen molar-refractivity contribution in [3.8, 4) is 0 Å². The van der Waals surface area contributed by atoms with E-state index in [1.54, 1.807) is 12.4 Å². The van der Waals surface area contributed by atoms with Gasteiger partial charge >= 0.3 is 0 Å². The Kier molecular flexibility index (Phi) is 2.84. The Morgan fingerprint density at radius 1 is 1.50 bits per heavy atom. The van der Waals surface area contributed by atoms with Gasteiger partial charge < -0.3 is 10.2 Å². The van der Waals surface area contributed by atoms with Gasteiger partial charge in [-0.05, 0) is 6.92 Å². The second kappa shape index (κ2) is 4.11. The third-order valence-electron chi connectivity index (χ3n) is 2.26. The molecule has 0 unspecified atom stereocenters. The Balaban J connectivity index is 2.10. The van der Waals surface area contributed by atoms with Crippen molar-refractivity contribution in [2.24, 2.45) is 0 Å². The molecule has 1 fully saturated rings. The van der Waals surface area contributed by atoms with Gasteiger partial charge in [0.2, 0.25) is 5.95 Å². The molecule has 4 nitrogen and oxygen atoms in total. The third-order valence-corrected chi connectivity index (χ3v) is 2.45. The summed E-state index contributed by atoms with van der Waals surface area (Å²) < 4.78 is 0. The largest absolute Gasteiger partial charge is 0.338 e. The molecular formula is C9H13ClN4. The second-order valence-electron chi connectivity index (χ2n) is 3.50. The van der Waals surface area contributed by atoms with Gasteiger partial charge in [0.1, 0.15) is 0 Å². The fraction of sp³-hybridized carbons (Fsp3) is 0.556. The van der Waals surface area contributed by atoms with E-state index in [9.17, 15) is 0 Å². The average Bonchev–Trinajstić information content (AvgIpc) is 2.19. The van der Waals surface area contributed by atoms with Crippen LogP contribution >= 0.6 is 11.6 Å². The van der Waals surface area contributed by atoms with E-state index in [-0.39, 0.29) is 0 Å². The van der Waals surface area contributed by atoms with Crippen LogP contribution in [0.1, 0.15) is 6.92 Å². The molecule has 1 atom stereocenters. The monoisotopic (exact) mass is 212 g/mol. The van der Waals surface area contributed by atoms with Crippen LogP contribution in [0.4, 0.5) is 5.95 Å². The molecule has 1 aliphatic heterocycles. The number of halogens is 1. The third kappa shape index (κ3) is 2.13. The Morgan fingerprint density at radius 2 is 2.21 bits per heavy atom. The molecule has 0 aliphatic carbocycles. The van der Waals surface area contributed by atoms with E-state index in [4.69, 9.17) is 11.6 Å². The molecule has 76 valence electrons. The number of anilines is 1. The van der Waals surface area contributed by atoms with E-state index in [0.29, 0.717) is 11.1 Å². The molecule has 0 bridgehead atoms. The molecule has 0 saturated carbocycles. The predicted molar refractivity (Wildman–Crippen MR) is 56.7 cm³/mol. The highest BCUT2D eigenvalue weighted by atomic mass is 35.5. The van der Waals surface area contributed by atoms with Gasteiger partial charge in [0.05, 0.1) is 17.4 Å². The number of nitrogens with one attached hydrogen (secondary N) is 1. The summed E-state index contributed by atoms with van der Waals surface area (Å²) in [4.78, 5) is 10.5. The lowest BCUT2D eigenvalue weighted by Crippen LogP contribution is -2.49. The molecular weight excluding hydrogens is 200 g/mol. The fourth-order valence-corrected chi connectivity index (χ4v) is 1.68. The highest BCUT2D eigenvalue weighted by Crippen LogP contribution is 2.11. The summed E-state index contributed by atoms with van der Waals surface area (Å²) in [5.41, 5.74) is 0. The molecule has 2 heterocycles. The van der Waals surface area contributed by atoms with Crippen LogP contribution in [0.25, 0.3) is 0 Å². The molecule has 1 aromatic heterocycles. The maximum atomic E-state index is 5.72. The first-order chi connectivity index (χ1) is 6.75. The van der Waals surface area contributed by atoms with Crippen molar-refractivity contribution in [1.29, 1.82) is 0 Å². The van der Waals surface area contributed by atoms with Crippen molar-refractivity contribution < 1.29 is 0 Å². The Labute approximate surface area is 88.3 Å². The molecule has 0 spiro atoms. The van der Waals surface area contributed by atoms with Crippen LogP contribution in [0.15, 0.2) is 12.4 Å². The Morgan fingerprint density at radius 3 is 2.86 bits per heavy atom. The number of aromatic nitrogens is 2. The SMILES string of the molecule is C[C@@H]1CN(c2ncc(Cl)cn2)CCN1. The van der Waals surface area contributed by atoms with Gasteiger partial charge in [-0.2, -0.15) is 0 Å². The van der Waals surface area contributed by atoms with E-state index in [2.05, 4.69) is 27.1 Å². The quantitative estimate of drug-likeness (QED) is 0.752. The molecule has 0 radical (unpaired) electrons. The number of hydrogen-bond acceptors (Lipinski definition) is 4. The van der Waals surface area contributed by atoms with E-state index in [1.807, 2.05) is 0 Å². The standard InChI is InChI=1S/C9H13ClN4/c1-7-6-14(3-2-11-7)9-12-4-8(10)5-13-9/h4-5,7,11H,2-3,6H2,1H3/t7-/m1/s1. The molecule has 2 rings (SSSR count). The van der Waals surface area contributed by atoms with Crippen LogP contribution in [-0.2, 0) is 0 Å². The van der Waals surface area contributed by atoms with E-state index >= 15 is 0 Å². The van der Waals surface area contributed by atoms with Crippen LogP contribution in [-0.4, -0.2) is 35.6 Å². The van der Waals surface area contributed by atoms with Crippen molar-refractivity contribution >= 4 is 17.5 Å². The van der Waals surface area contributed by atoms with E-state index in [0.717, 1.165) is 25.6 Å². The van der Waals surface area contributed by atoms with Crippen molar-refractivity contribution in [2.75, 3.05) is 24.5 Å². The lowest BCUT2D eigenvalue weighted by molar-refractivity contribution is 0.479.